The highest BCUT2D eigenvalue weighted by Crippen LogP contribution is 2.59. The first-order valence-electron chi connectivity index (χ1n) is 7.84. The SMILES string of the molecule is CCN(CC)C(=O)CN1C(=O)C2CCC(C)(C1=O)C2(C)C. The summed E-state index contributed by atoms with van der Waals surface area (Å²) in [4.78, 5) is 40.5. The zero-order valence-corrected chi connectivity index (χ0v) is 13.7. The van der Waals surface area contributed by atoms with Crippen LogP contribution in [0.4, 0.5) is 0 Å². The average Bonchev–Trinajstić information content (AvgIpc) is 2.61. The van der Waals surface area contributed by atoms with Crippen molar-refractivity contribution in [3.8, 4) is 0 Å². The molecule has 2 rings (SSSR count). The Labute approximate surface area is 126 Å². The normalized spacial score (nSPS) is 30.7. The maximum absolute atomic E-state index is 12.8. The summed E-state index contributed by atoms with van der Waals surface area (Å²) in [6.45, 7) is 10.8. The molecule has 1 saturated heterocycles. The third-order valence-corrected chi connectivity index (χ3v) is 5.92. The minimum Gasteiger partial charge on any atom is -0.342 e. The van der Waals surface area contributed by atoms with Crippen molar-refractivity contribution in [2.75, 3.05) is 19.6 Å². The van der Waals surface area contributed by atoms with Gasteiger partial charge in [-0.3, -0.25) is 19.3 Å². The van der Waals surface area contributed by atoms with Crippen LogP contribution in [0.5, 0.6) is 0 Å². The zero-order chi connectivity index (χ0) is 16.0. The fourth-order valence-electron chi connectivity index (χ4n) is 3.86. The summed E-state index contributed by atoms with van der Waals surface area (Å²) in [5, 5.41) is 0. The summed E-state index contributed by atoms with van der Waals surface area (Å²) < 4.78 is 0. The fraction of sp³-hybridized carbons (Fsp3) is 0.812. The largest absolute Gasteiger partial charge is 0.342 e. The Morgan fingerprint density at radius 2 is 1.81 bits per heavy atom. The highest BCUT2D eigenvalue weighted by molar-refractivity contribution is 6.06. The second-order valence-electron chi connectivity index (χ2n) is 6.94. The molecule has 0 aromatic rings. The molecule has 2 bridgehead atoms. The molecule has 118 valence electrons. The first-order valence-corrected chi connectivity index (χ1v) is 7.84. The molecule has 2 unspecified atom stereocenters. The van der Waals surface area contributed by atoms with E-state index in [1.807, 2.05) is 34.6 Å². The van der Waals surface area contributed by atoms with E-state index in [0.717, 1.165) is 12.8 Å². The number of likely N-dealkylation sites (tertiary alicyclic amines) is 1. The second-order valence-corrected chi connectivity index (χ2v) is 6.94. The van der Waals surface area contributed by atoms with E-state index in [-0.39, 0.29) is 35.6 Å². The van der Waals surface area contributed by atoms with Gasteiger partial charge in [0.25, 0.3) is 0 Å². The van der Waals surface area contributed by atoms with Crippen molar-refractivity contribution in [3.05, 3.63) is 0 Å². The predicted octanol–water partition coefficient (Wildman–Crippen LogP) is 1.67. The van der Waals surface area contributed by atoms with Crippen molar-refractivity contribution >= 4 is 17.7 Å². The molecule has 2 fully saturated rings. The van der Waals surface area contributed by atoms with E-state index in [1.54, 1.807) is 4.90 Å². The van der Waals surface area contributed by atoms with Crippen LogP contribution in [-0.4, -0.2) is 47.2 Å². The van der Waals surface area contributed by atoms with Gasteiger partial charge in [0.2, 0.25) is 17.7 Å². The monoisotopic (exact) mass is 294 g/mol. The first-order chi connectivity index (χ1) is 9.70. The summed E-state index contributed by atoms with van der Waals surface area (Å²) in [5.74, 6) is -0.638. The van der Waals surface area contributed by atoms with E-state index < -0.39 is 5.41 Å². The summed E-state index contributed by atoms with van der Waals surface area (Å²) in [7, 11) is 0. The Kier molecular flexibility index (Phi) is 3.89. The number of rotatable bonds is 4. The van der Waals surface area contributed by atoms with Gasteiger partial charge in [-0.15, -0.1) is 0 Å². The molecular formula is C16H26N2O3. The summed E-state index contributed by atoms with van der Waals surface area (Å²) in [5.41, 5.74) is -0.856. The molecule has 2 aliphatic rings. The molecule has 1 heterocycles. The molecule has 0 aromatic carbocycles. The van der Waals surface area contributed by atoms with Gasteiger partial charge < -0.3 is 4.90 Å². The van der Waals surface area contributed by atoms with E-state index in [4.69, 9.17) is 0 Å². The molecule has 21 heavy (non-hydrogen) atoms. The highest BCUT2D eigenvalue weighted by Gasteiger charge is 2.64. The molecule has 1 aliphatic carbocycles. The van der Waals surface area contributed by atoms with Gasteiger partial charge in [0.15, 0.2) is 0 Å². The number of nitrogens with zero attached hydrogens (tertiary/aromatic N) is 2. The molecule has 2 atom stereocenters. The highest BCUT2D eigenvalue weighted by atomic mass is 16.2. The van der Waals surface area contributed by atoms with Gasteiger partial charge in [-0.25, -0.2) is 0 Å². The van der Waals surface area contributed by atoms with Crippen LogP contribution in [0.15, 0.2) is 0 Å². The number of carbonyl (C=O) groups is 3. The molecule has 0 radical (unpaired) electrons. The average molecular weight is 294 g/mol. The van der Waals surface area contributed by atoms with Gasteiger partial charge in [0, 0.05) is 19.0 Å². The Morgan fingerprint density at radius 1 is 1.24 bits per heavy atom. The quantitative estimate of drug-likeness (QED) is 0.741. The lowest BCUT2D eigenvalue weighted by atomic mass is 9.62. The van der Waals surface area contributed by atoms with Crippen LogP contribution in [0.3, 0.4) is 0 Å². The molecule has 0 aromatic heterocycles. The Hall–Kier alpha value is -1.39. The number of hydrogen-bond acceptors (Lipinski definition) is 3. The standard InChI is InChI=1S/C16H26N2O3/c1-6-17(7-2)12(19)10-18-13(20)11-8-9-16(5,14(18)21)15(11,3)4/h11H,6-10H2,1-5H3. The number of piperidine rings is 1. The number of likely N-dealkylation sites (N-methyl/N-ethyl adjacent to an activating group) is 1. The fourth-order valence-corrected chi connectivity index (χ4v) is 3.86. The summed E-state index contributed by atoms with van der Waals surface area (Å²) in [6.07, 6.45) is 1.47. The molecule has 3 amide bonds. The molecule has 1 saturated carbocycles. The van der Waals surface area contributed by atoms with Crippen LogP contribution in [-0.2, 0) is 14.4 Å². The smallest absolute Gasteiger partial charge is 0.242 e. The second kappa shape index (κ2) is 5.11. The molecule has 0 N–H and O–H groups in total. The van der Waals surface area contributed by atoms with Crippen LogP contribution in [0, 0.1) is 16.7 Å². The number of fused-ring (bicyclic) bond motifs is 2. The van der Waals surface area contributed by atoms with Crippen LogP contribution in [0.2, 0.25) is 0 Å². The van der Waals surface area contributed by atoms with Gasteiger partial charge in [0.05, 0.1) is 5.41 Å². The minimum atomic E-state index is -0.533. The minimum absolute atomic E-state index is 0.110. The topological polar surface area (TPSA) is 57.7 Å². The van der Waals surface area contributed by atoms with Crippen LogP contribution in [0.25, 0.3) is 0 Å². The van der Waals surface area contributed by atoms with E-state index >= 15 is 0 Å². The Bertz CT molecular complexity index is 482. The van der Waals surface area contributed by atoms with Gasteiger partial charge in [-0.05, 0) is 32.1 Å². The molecule has 5 nitrogen and oxygen atoms in total. The number of imide groups is 1. The van der Waals surface area contributed by atoms with Gasteiger partial charge in [-0.2, -0.15) is 0 Å². The predicted molar refractivity (Wildman–Crippen MR) is 79.3 cm³/mol. The van der Waals surface area contributed by atoms with E-state index in [0.29, 0.717) is 13.1 Å². The zero-order valence-electron chi connectivity index (χ0n) is 13.7. The maximum atomic E-state index is 12.8. The van der Waals surface area contributed by atoms with Crippen molar-refractivity contribution in [3.63, 3.8) is 0 Å². The van der Waals surface area contributed by atoms with E-state index in [1.165, 1.54) is 4.90 Å². The maximum Gasteiger partial charge on any atom is 0.242 e. The third kappa shape index (κ3) is 2.09. The van der Waals surface area contributed by atoms with E-state index in [9.17, 15) is 14.4 Å². The molecule has 5 heteroatoms. The van der Waals surface area contributed by atoms with Crippen molar-refractivity contribution in [2.45, 2.75) is 47.5 Å². The number of carbonyl (C=O) groups excluding carboxylic acids is 3. The van der Waals surface area contributed by atoms with Gasteiger partial charge in [-0.1, -0.05) is 20.8 Å². The molecule has 0 spiro atoms. The van der Waals surface area contributed by atoms with Crippen molar-refractivity contribution < 1.29 is 14.4 Å². The van der Waals surface area contributed by atoms with Crippen molar-refractivity contribution in [1.82, 2.24) is 9.80 Å². The molecular weight excluding hydrogens is 268 g/mol. The summed E-state index contributed by atoms with van der Waals surface area (Å²) >= 11 is 0. The first kappa shape index (κ1) is 16.0. The van der Waals surface area contributed by atoms with E-state index in [2.05, 4.69) is 0 Å². The summed E-state index contributed by atoms with van der Waals surface area (Å²) in [6, 6.07) is 0. The number of hydrogen-bond donors (Lipinski definition) is 0. The lowest BCUT2D eigenvalue weighted by Gasteiger charge is -2.47. The number of amides is 3. The molecule has 1 aliphatic heterocycles. The Morgan fingerprint density at radius 3 is 2.33 bits per heavy atom. The lowest BCUT2D eigenvalue weighted by Crippen LogP contribution is -2.60. The lowest BCUT2D eigenvalue weighted by molar-refractivity contribution is -0.170. The Balaban J connectivity index is 2.25. The van der Waals surface area contributed by atoms with Gasteiger partial charge in [0.1, 0.15) is 6.54 Å². The van der Waals surface area contributed by atoms with Crippen LogP contribution in [0.1, 0.15) is 47.5 Å². The van der Waals surface area contributed by atoms with Crippen molar-refractivity contribution in [2.24, 2.45) is 16.7 Å². The van der Waals surface area contributed by atoms with Gasteiger partial charge >= 0.3 is 0 Å². The third-order valence-electron chi connectivity index (χ3n) is 5.92. The van der Waals surface area contributed by atoms with Crippen molar-refractivity contribution in [1.29, 1.82) is 0 Å². The van der Waals surface area contributed by atoms with Crippen LogP contribution >= 0.6 is 0 Å². The van der Waals surface area contributed by atoms with Crippen LogP contribution < -0.4 is 0 Å².